The summed E-state index contributed by atoms with van der Waals surface area (Å²) in [5.74, 6) is -0.897. The lowest BCUT2D eigenvalue weighted by atomic mass is 9.74. The lowest BCUT2D eigenvalue weighted by molar-refractivity contribution is -0.384. The summed E-state index contributed by atoms with van der Waals surface area (Å²) >= 11 is 0. The van der Waals surface area contributed by atoms with Crippen LogP contribution in [0.4, 0.5) is 18.9 Å². The molecule has 1 aliphatic carbocycles. The van der Waals surface area contributed by atoms with Gasteiger partial charge in [-0.05, 0) is 40.8 Å². The van der Waals surface area contributed by atoms with Gasteiger partial charge in [-0.2, -0.15) is 13.2 Å². The largest absolute Gasteiger partial charge is 0.405 e. The Morgan fingerprint density at radius 3 is 1.94 bits per heavy atom. The highest BCUT2D eigenvalue weighted by atomic mass is 32.2. The second-order valence-corrected chi connectivity index (χ2v) is 9.96. The number of rotatable bonds is 8. The minimum Gasteiger partial charge on any atom is -0.346 e. The SMILES string of the molecule is O=C(NCC(F)(F)F)C1(CCNS(=O)(=O)c2ccc([N+](=O)[O-])cc2)c2ccccc2-c2ccccc21. The first-order valence-corrected chi connectivity index (χ1v) is 12.2. The van der Waals surface area contributed by atoms with Gasteiger partial charge in [-0.3, -0.25) is 14.9 Å². The number of nitrogens with zero attached hydrogens (tertiary/aromatic N) is 1. The standard InChI is InChI=1S/C24H20F3N3O5S/c25-24(26,27)15-28-22(31)23(20-7-3-1-5-18(20)19-6-2-4-8-21(19)23)13-14-29-36(34,35)17-11-9-16(10-12-17)30(32)33/h1-12,29H,13-15H2,(H,28,31). The van der Waals surface area contributed by atoms with E-state index in [0.29, 0.717) is 22.3 Å². The van der Waals surface area contributed by atoms with E-state index >= 15 is 0 Å². The van der Waals surface area contributed by atoms with E-state index in [-0.39, 0.29) is 23.5 Å². The van der Waals surface area contributed by atoms with E-state index in [9.17, 15) is 36.5 Å². The number of hydrogen-bond acceptors (Lipinski definition) is 5. The van der Waals surface area contributed by atoms with Crippen molar-refractivity contribution in [2.24, 2.45) is 0 Å². The van der Waals surface area contributed by atoms with Gasteiger partial charge in [-0.25, -0.2) is 13.1 Å². The molecule has 0 radical (unpaired) electrons. The number of non-ortho nitro benzene ring substituents is 1. The van der Waals surface area contributed by atoms with Crippen LogP contribution < -0.4 is 10.0 Å². The molecule has 8 nitrogen and oxygen atoms in total. The molecular formula is C24H20F3N3O5S. The van der Waals surface area contributed by atoms with Crippen molar-refractivity contribution in [3.8, 4) is 11.1 Å². The van der Waals surface area contributed by atoms with E-state index in [0.717, 1.165) is 24.3 Å². The van der Waals surface area contributed by atoms with E-state index in [2.05, 4.69) is 4.72 Å². The molecule has 0 atom stereocenters. The predicted molar refractivity (Wildman–Crippen MR) is 125 cm³/mol. The highest BCUT2D eigenvalue weighted by Gasteiger charge is 2.49. The number of nitro benzene ring substituents is 1. The summed E-state index contributed by atoms with van der Waals surface area (Å²) in [4.78, 5) is 23.4. The molecule has 4 rings (SSSR count). The van der Waals surface area contributed by atoms with Gasteiger partial charge in [0.15, 0.2) is 0 Å². The Labute approximate surface area is 204 Å². The van der Waals surface area contributed by atoms with E-state index in [1.165, 1.54) is 0 Å². The first-order chi connectivity index (χ1) is 17.0. The Morgan fingerprint density at radius 1 is 0.917 bits per heavy atom. The summed E-state index contributed by atoms with van der Waals surface area (Å²) in [5, 5.41) is 12.8. The lowest BCUT2D eigenvalue weighted by Gasteiger charge is -2.31. The van der Waals surface area contributed by atoms with Crippen LogP contribution in [0.5, 0.6) is 0 Å². The number of hydrogen-bond donors (Lipinski definition) is 2. The van der Waals surface area contributed by atoms with Crippen molar-refractivity contribution < 1.29 is 31.3 Å². The summed E-state index contributed by atoms with van der Waals surface area (Å²) in [6, 6.07) is 17.9. The molecular weight excluding hydrogens is 499 g/mol. The average molecular weight is 520 g/mol. The van der Waals surface area contributed by atoms with E-state index in [1.807, 2.05) is 5.32 Å². The quantitative estimate of drug-likeness (QED) is 0.346. The van der Waals surface area contributed by atoms with Crippen LogP contribution in [0.2, 0.25) is 0 Å². The fraction of sp³-hybridized carbons (Fsp3) is 0.208. The van der Waals surface area contributed by atoms with E-state index < -0.39 is 39.0 Å². The maximum absolute atomic E-state index is 13.4. The fourth-order valence-corrected chi connectivity index (χ4v) is 5.52. The van der Waals surface area contributed by atoms with Crippen LogP contribution in [0.15, 0.2) is 77.7 Å². The van der Waals surface area contributed by atoms with Crippen molar-refractivity contribution in [3.63, 3.8) is 0 Å². The number of benzene rings is 3. The van der Waals surface area contributed by atoms with Crippen LogP contribution in [-0.4, -0.2) is 38.5 Å². The molecule has 0 saturated carbocycles. The number of nitro groups is 1. The summed E-state index contributed by atoms with van der Waals surface area (Å²) in [7, 11) is -4.12. The van der Waals surface area contributed by atoms with Crippen molar-refractivity contribution in [1.29, 1.82) is 0 Å². The van der Waals surface area contributed by atoms with Crippen LogP contribution in [0, 0.1) is 10.1 Å². The van der Waals surface area contributed by atoms with Gasteiger partial charge in [0.05, 0.1) is 9.82 Å². The van der Waals surface area contributed by atoms with Crippen LogP contribution in [-0.2, 0) is 20.2 Å². The fourth-order valence-electron chi connectivity index (χ4n) is 4.49. The second-order valence-electron chi connectivity index (χ2n) is 8.19. The van der Waals surface area contributed by atoms with Gasteiger partial charge in [-0.1, -0.05) is 48.5 Å². The molecule has 2 N–H and O–H groups in total. The number of carbonyl (C=O) groups is 1. The maximum Gasteiger partial charge on any atom is 0.405 e. The highest BCUT2D eigenvalue weighted by molar-refractivity contribution is 7.89. The van der Waals surface area contributed by atoms with Crippen molar-refractivity contribution in [3.05, 3.63) is 94.0 Å². The molecule has 188 valence electrons. The Kier molecular flexibility index (Phi) is 6.58. The van der Waals surface area contributed by atoms with Gasteiger partial charge in [0.1, 0.15) is 12.0 Å². The molecule has 36 heavy (non-hydrogen) atoms. The zero-order valence-corrected chi connectivity index (χ0v) is 19.4. The molecule has 0 bridgehead atoms. The van der Waals surface area contributed by atoms with Gasteiger partial charge in [0.2, 0.25) is 15.9 Å². The number of amides is 1. The molecule has 3 aromatic rings. The Balaban J connectivity index is 1.67. The smallest absolute Gasteiger partial charge is 0.346 e. The van der Waals surface area contributed by atoms with Gasteiger partial charge >= 0.3 is 6.18 Å². The number of halogens is 3. The third-order valence-corrected chi connectivity index (χ3v) is 7.53. The summed E-state index contributed by atoms with van der Waals surface area (Å²) in [5.41, 5.74) is 0.437. The molecule has 0 saturated heterocycles. The molecule has 0 aromatic heterocycles. The first kappa shape index (κ1) is 25.3. The van der Waals surface area contributed by atoms with Crippen molar-refractivity contribution >= 4 is 21.6 Å². The molecule has 1 aliphatic rings. The van der Waals surface area contributed by atoms with Crippen LogP contribution in [0.1, 0.15) is 17.5 Å². The predicted octanol–water partition coefficient (Wildman–Crippen LogP) is 3.91. The summed E-state index contributed by atoms with van der Waals surface area (Å²) < 4.78 is 66.8. The Bertz CT molecular complexity index is 1380. The van der Waals surface area contributed by atoms with Crippen molar-refractivity contribution in [1.82, 2.24) is 10.0 Å². The number of nitrogens with one attached hydrogen (secondary N) is 2. The third-order valence-electron chi connectivity index (χ3n) is 6.05. The maximum atomic E-state index is 13.4. The topological polar surface area (TPSA) is 118 Å². The molecule has 0 spiro atoms. The van der Waals surface area contributed by atoms with Gasteiger partial charge in [-0.15, -0.1) is 0 Å². The minimum absolute atomic E-state index is 0.170. The van der Waals surface area contributed by atoms with Gasteiger partial charge < -0.3 is 5.32 Å². The minimum atomic E-state index is -4.63. The lowest BCUT2D eigenvalue weighted by Crippen LogP contribution is -2.48. The van der Waals surface area contributed by atoms with Gasteiger partial charge in [0, 0.05) is 18.7 Å². The normalized spacial score (nSPS) is 14.1. The molecule has 0 unspecified atom stereocenters. The number of fused-ring (bicyclic) bond motifs is 3. The zero-order chi connectivity index (χ0) is 26.1. The zero-order valence-electron chi connectivity index (χ0n) is 18.6. The molecule has 0 aliphatic heterocycles. The number of alkyl halides is 3. The average Bonchev–Trinajstić information content (AvgIpc) is 3.13. The van der Waals surface area contributed by atoms with Gasteiger partial charge in [0.25, 0.3) is 5.69 Å². The van der Waals surface area contributed by atoms with Crippen LogP contribution >= 0.6 is 0 Å². The van der Waals surface area contributed by atoms with Crippen LogP contribution in [0.25, 0.3) is 11.1 Å². The first-order valence-electron chi connectivity index (χ1n) is 10.7. The molecule has 0 fully saturated rings. The Morgan fingerprint density at radius 2 is 1.44 bits per heavy atom. The monoisotopic (exact) mass is 519 g/mol. The summed E-state index contributed by atoms with van der Waals surface area (Å²) in [6.45, 7) is -1.83. The molecule has 12 heteroatoms. The summed E-state index contributed by atoms with van der Waals surface area (Å²) in [6.07, 6.45) is -4.80. The molecule has 0 heterocycles. The van der Waals surface area contributed by atoms with E-state index in [1.54, 1.807) is 48.5 Å². The number of sulfonamides is 1. The highest BCUT2D eigenvalue weighted by Crippen LogP contribution is 2.50. The third kappa shape index (κ3) is 4.69. The molecule has 3 aromatic carbocycles. The van der Waals surface area contributed by atoms with E-state index in [4.69, 9.17) is 0 Å². The molecule has 1 amide bonds. The van der Waals surface area contributed by atoms with Crippen molar-refractivity contribution in [2.45, 2.75) is 22.9 Å². The van der Waals surface area contributed by atoms with Crippen LogP contribution in [0.3, 0.4) is 0 Å². The second kappa shape index (κ2) is 9.36. The van der Waals surface area contributed by atoms with Crippen molar-refractivity contribution in [2.75, 3.05) is 13.1 Å². The Hall–Kier alpha value is -3.77. The number of carbonyl (C=O) groups excluding carboxylic acids is 1.